The van der Waals surface area contributed by atoms with Gasteiger partial charge < -0.3 is 10.1 Å². The lowest BCUT2D eigenvalue weighted by Crippen LogP contribution is -2.40. The highest BCUT2D eigenvalue weighted by Crippen LogP contribution is 2.42. The third-order valence-corrected chi connectivity index (χ3v) is 6.62. The van der Waals surface area contributed by atoms with Crippen LogP contribution in [0.15, 0.2) is 36.4 Å². The normalized spacial score (nSPS) is 18.8. The summed E-state index contributed by atoms with van der Waals surface area (Å²) in [5.74, 6) is 1.33. The Morgan fingerprint density at radius 1 is 1.30 bits per heavy atom. The van der Waals surface area contributed by atoms with Crippen molar-refractivity contribution in [3.8, 4) is 16.3 Å². The minimum Gasteiger partial charge on any atom is -0.487 e. The summed E-state index contributed by atoms with van der Waals surface area (Å²) < 4.78 is 7.46. The van der Waals surface area contributed by atoms with Crippen LogP contribution in [0.4, 0.5) is 0 Å². The average Bonchev–Trinajstić information content (AvgIpc) is 3.21. The smallest absolute Gasteiger partial charge is 0.223 e. The van der Waals surface area contributed by atoms with Crippen molar-refractivity contribution in [3.05, 3.63) is 47.5 Å². The third-order valence-electron chi connectivity index (χ3n) is 5.55. The topological polar surface area (TPSA) is 51.2 Å². The number of aromatic nitrogens is 1. The highest BCUT2D eigenvalue weighted by molar-refractivity contribution is 7.21. The molecule has 0 bridgehead atoms. The van der Waals surface area contributed by atoms with Crippen LogP contribution in [0, 0.1) is 12.8 Å². The van der Waals surface area contributed by atoms with E-state index < -0.39 is 0 Å². The number of ether oxygens (including phenoxy) is 1. The Morgan fingerprint density at radius 2 is 2.15 bits per heavy atom. The van der Waals surface area contributed by atoms with Crippen molar-refractivity contribution < 1.29 is 9.53 Å². The Kier molecular flexibility index (Phi) is 4.12. The second-order valence-electron chi connectivity index (χ2n) is 7.60. The fourth-order valence-corrected chi connectivity index (χ4v) is 4.86. The molecule has 2 aliphatic rings. The first-order valence-corrected chi connectivity index (χ1v) is 10.4. The molecule has 5 heteroatoms. The van der Waals surface area contributed by atoms with Crippen molar-refractivity contribution in [2.45, 2.75) is 38.7 Å². The van der Waals surface area contributed by atoms with Gasteiger partial charge >= 0.3 is 0 Å². The van der Waals surface area contributed by atoms with Crippen LogP contribution in [-0.2, 0) is 11.2 Å². The molecule has 1 saturated carbocycles. The summed E-state index contributed by atoms with van der Waals surface area (Å²) in [6.45, 7) is 2.69. The third kappa shape index (κ3) is 3.10. The van der Waals surface area contributed by atoms with Crippen molar-refractivity contribution >= 4 is 27.5 Å². The second-order valence-corrected chi connectivity index (χ2v) is 8.64. The highest BCUT2D eigenvalue weighted by Gasteiger charge is 2.30. The zero-order valence-corrected chi connectivity index (χ0v) is 16.1. The quantitative estimate of drug-likeness (QED) is 0.728. The van der Waals surface area contributed by atoms with Crippen LogP contribution in [0.25, 0.3) is 20.8 Å². The number of carbonyl (C=O) groups is 1. The largest absolute Gasteiger partial charge is 0.487 e. The van der Waals surface area contributed by atoms with Gasteiger partial charge in [0.2, 0.25) is 5.91 Å². The van der Waals surface area contributed by atoms with E-state index in [1.54, 1.807) is 11.3 Å². The molecule has 0 radical (unpaired) electrons. The van der Waals surface area contributed by atoms with Gasteiger partial charge in [-0.2, -0.15) is 0 Å². The van der Waals surface area contributed by atoms with Gasteiger partial charge in [0.25, 0.3) is 0 Å². The number of fused-ring (bicyclic) bond motifs is 2. The lowest BCUT2D eigenvalue weighted by Gasteiger charge is -2.24. The van der Waals surface area contributed by atoms with Crippen molar-refractivity contribution in [2.24, 2.45) is 5.92 Å². The van der Waals surface area contributed by atoms with E-state index in [0.29, 0.717) is 6.54 Å². The number of nitrogens with zero attached hydrogens (tertiary/aromatic N) is 1. The lowest BCUT2D eigenvalue weighted by atomic mass is 9.85. The first kappa shape index (κ1) is 16.8. The Morgan fingerprint density at radius 3 is 2.93 bits per heavy atom. The fourth-order valence-electron chi connectivity index (χ4n) is 3.88. The first-order chi connectivity index (χ1) is 13.2. The van der Waals surface area contributed by atoms with Gasteiger partial charge in [0, 0.05) is 12.3 Å². The second kappa shape index (κ2) is 6.64. The zero-order chi connectivity index (χ0) is 18.4. The van der Waals surface area contributed by atoms with Crippen LogP contribution in [0.5, 0.6) is 5.75 Å². The van der Waals surface area contributed by atoms with Gasteiger partial charge in [-0.15, -0.1) is 11.3 Å². The van der Waals surface area contributed by atoms with Gasteiger partial charge in [0.15, 0.2) is 0 Å². The number of rotatable bonds is 4. The molecule has 5 rings (SSSR count). The molecule has 1 amide bonds. The Balaban J connectivity index is 1.39. The summed E-state index contributed by atoms with van der Waals surface area (Å²) in [5, 5.41) is 4.08. The highest BCUT2D eigenvalue weighted by atomic mass is 32.1. The maximum atomic E-state index is 12.1. The number of para-hydroxylation sites is 1. The number of amides is 1. The number of aryl methyl sites for hydroxylation is 1. The number of carbonyl (C=O) groups excluding carboxylic acids is 1. The van der Waals surface area contributed by atoms with E-state index >= 15 is 0 Å². The molecule has 1 N–H and O–H groups in total. The van der Waals surface area contributed by atoms with Crippen LogP contribution in [0.3, 0.4) is 0 Å². The molecule has 3 aromatic rings. The average molecular weight is 378 g/mol. The maximum absolute atomic E-state index is 12.1. The number of hydrogen-bond acceptors (Lipinski definition) is 4. The Bertz CT molecular complexity index is 989. The van der Waals surface area contributed by atoms with E-state index in [1.165, 1.54) is 22.2 Å². The number of nitrogens with one attached hydrogen (secondary N) is 1. The minimum atomic E-state index is -0.000968. The lowest BCUT2D eigenvalue weighted by molar-refractivity contribution is -0.127. The molecule has 1 fully saturated rings. The van der Waals surface area contributed by atoms with Crippen LogP contribution in [-0.4, -0.2) is 23.5 Å². The summed E-state index contributed by atoms with van der Waals surface area (Å²) in [4.78, 5) is 16.9. The molecular formula is C22H22N2O2S. The Hall–Kier alpha value is -2.40. The Labute approximate surface area is 162 Å². The summed E-state index contributed by atoms with van der Waals surface area (Å²) in [6, 6.07) is 12.6. The van der Waals surface area contributed by atoms with Crippen molar-refractivity contribution in [3.63, 3.8) is 0 Å². The zero-order valence-electron chi connectivity index (χ0n) is 15.3. The summed E-state index contributed by atoms with van der Waals surface area (Å²) in [6.07, 6.45) is 4.06. The van der Waals surface area contributed by atoms with Gasteiger partial charge in [0.1, 0.15) is 16.9 Å². The first-order valence-electron chi connectivity index (χ1n) is 9.61. The monoisotopic (exact) mass is 378 g/mol. The molecule has 0 unspecified atom stereocenters. The van der Waals surface area contributed by atoms with E-state index in [2.05, 4.69) is 30.4 Å². The molecule has 2 aromatic carbocycles. The standard InChI is InChI=1S/C22H22N2O2S/c1-13-9-15-11-16(12-23-21(25)14-5-4-6-14)26-20(15)17(10-13)22-24-18-7-2-3-8-19(18)27-22/h2-3,7-10,14,16H,4-6,11-12H2,1H3,(H,23,25)/t16-/m0/s1. The van der Waals surface area contributed by atoms with Crippen molar-refractivity contribution in [1.82, 2.24) is 10.3 Å². The molecule has 1 atom stereocenters. The minimum absolute atomic E-state index is 0.000968. The predicted octanol–water partition coefficient (Wildman–Crippen LogP) is 4.49. The molecular weight excluding hydrogens is 356 g/mol. The fraction of sp³-hybridized carbons (Fsp3) is 0.364. The molecule has 0 spiro atoms. The van der Waals surface area contributed by atoms with Crippen molar-refractivity contribution in [1.29, 1.82) is 0 Å². The number of thiazole rings is 1. The van der Waals surface area contributed by atoms with Crippen LogP contribution in [0.2, 0.25) is 0 Å². The summed E-state index contributed by atoms with van der Waals surface area (Å²) >= 11 is 1.70. The van der Waals surface area contributed by atoms with Gasteiger partial charge in [-0.25, -0.2) is 4.98 Å². The number of hydrogen-bond donors (Lipinski definition) is 1. The van der Waals surface area contributed by atoms with Crippen molar-refractivity contribution in [2.75, 3.05) is 6.54 Å². The van der Waals surface area contributed by atoms with E-state index in [1.807, 2.05) is 18.2 Å². The van der Waals surface area contributed by atoms with E-state index in [9.17, 15) is 4.79 Å². The molecule has 1 aliphatic carbocycles. The maximum Gasteiger partial charge on any atom is 0.223 e. The van der Waals surface area contributed by atoms with Gasteiger partial charge in [0.05, 0.1) is 22.3 Å². The molecule has 2 heterocycles. The summed E-state index contributed by atoms with van der Waals surface area (Å²) in [7, 11) is 0. The SMILES string of the molecule is Cc1cc2c(c(-c3nc4ccccc4s3)c1)O[C@H](CNC(=O)C1CCC1)C2. The van der Waals surface area contributed by atoms with Crippen LogP contribution in [0.1, 0.15) is 30.4 Å². The van der Waals surface area contributed by atoms with E-state index in [0.717, 1.165) is 41.1 Å². The summed E-state index contributed by atoms with van der Waals surface area (Å²) in [5.41, 5.74) is 4.52. The van der Waals surface area contributed by atoms with E-state index in [4.69, 9.17) is 9.72 Å². The molecule has 0 saturated heterocycles. The molecule has 27 heavy (non-hydrogen) atoms. The molecule has 1 aliphatic heterocycles. The predicted molar refractivity (Wildman–Crippen MR) is 108 cm³/mol. The van der Waals surface area contributed by atoms with Gasteiger partial charge in [-0.05, 0) is 49.1 Å². The van der Waals surface area contributed by atoms with E-state index in [-0.39, 0.29) is 17.9 Å². The number of benzene rings is 2. The molecule has 1 aromatic heterocycles. The van der Waals surface area contributed by atoms with Crippen LogP contribution < -0.4 is 10.1 Å². The van der Waals surface area contributed by atoms with Crippen LogP contribution >= 0.6 is 11.3 Å². The van der Waals surface area contributed by atoms with Gasteiger partial charge in [-0.1, -0.05) is 24.6 Å². The molecule has 138 valence electrons. The van der Waals surface area contributed by atoms with Gasteiger partial charge in [-0.3, -0.25) is 4.79 Å². The molecule has 4 nitrogen and oxygen atoms in total.